The molecule has 112 valence electrons. The van der Waals surface area contributed by atoms with Crippen LogP contribution in [0.1, 0.15) is 23.6 Å². The highest BCUT2D eigenvalue weighted by Gasteiger charge is 2.12. The molecular weight excluding hydrogens is 285 g/mol. The van der Waals surface area contributed by atoms with Crippen molar-refractivity contribution in [2.75, 3.05) is 6.54 Å². The third-order valence-corrected chi connectivity index (χ3v) is 3.88. The van der Waals surface area contributed by atoms with E-state index in [0.29, 0.717) is 0 Å². The lowest BCUT2D eigenvalue weighted by Gasteiger charge is -2.19. The molecule has 1 N–H and O–H groups in total. The minimum atomic E-state index is -0.173. The largest absolute Gasteiger partial charge is 0.314 e. The fraction of sp³-hybridized carbons (Fsp3) is 0.333. The summed E-state index contributed by atoms with van der Waals surface area (Å²) in [5, 5.41) is 4.23. The number of nitrogens with one attached hydrogen (secondary N) is 1. The molecule has 0 fully saturated rings. The van der Waals surface area contributed by atoms with Crippen molar-refractivity contribution in [3.63, 3.8) is 0 Å². The Bertz CT molecular complexity index is 598. The Morgan fingerprint density at radius 2 is 1.95 bits per heavy atom. The van der Waals surface area contributed by atoms with Gasteiger partial charge in [0.15, 0.2) is 0 Å². The van der Waals surface area contributed by atoms with Gasteiger partial charge in [0.25, 0.3) is 0 Å². The minimum Gasteiger partial charge on any atom is -0.314 e. The number of aryl methyl sites for hydroxylation is 1. The molecule has 1 atom stereocenters. The van der Waals surface area contributed by atoms with Gasteiger partial charge in [-0.3, -0.25) is 0 Å². The second-order valence-corrected chi connectivity index (χ2v) is 5.80. The van der Waals surface area contributed by atoms with E-state index in [1.165, 1.54) is 11.6 Å². The molecule has 0 aliphatic carbocycles. The Balaban J connectivity index is 2.13. The smallest absolute Gasteiger partial charge is 0.123 e. The maximum Gasteiger partial charge on any atom is 0.123 e. The summed E-state index contributed by atoms with van der Waals surface area (Å²) in [5.41, 5.74) is 3.39. The number of benzene rings is 2. The molecule has 0 radical (unpaired) electrons. The highest BCUT2D eigenvalue weighted by atomic mass is 35.5. The first kappa shape index (κ1) is 16.0. The van der Waals surface area contributed by atoms with E-state index in [1.54, 1.807) is 6.07 Å². The van der Waals surface area contributed by atoms with Crippen LogP contribution >= 0.6 is 11.6 Å². The molecule has 2 aromatic carbocycles. The highest BCUT2D eigenvalue weighted by Crippen LogP contribution is 2.17. The second-order valence-electron chi connectivity index (χ2n) is 5.36. The molecule has 0 aliphatic rings. The zero-order valence-corrected chi connectivity index (χ0v) is 13.3. The first-order valence-electron chi connectivity index (χ1n) is 7.31. The Hall–Kier alpha value is -1.38. The van der Waals surface area contributed by atoms with Crippen LogP contribution < -0.4 is 5.32 Å². The Labute approximate surface area is 131 Å². The van der Waals surface area contributed by atoms with Gasteiger partial charge >= 0.3 is 0 Å². The van der Waals surface area contributed by atoms with Crippen LogP contribution in [0.3, 0.4) is 0 Å². The summed E-state index contributed by atoms with van der Waals surface area (Å²) < 4.78 is 13.4. The first-order valence-corrected chi connectivity index (χ1v) is 7.69. The number of halogens is 2. The van der Waals surface area contributed by atoms with Crippen molar-refractivity contribution >= 4 is 11.6 Å². The van der Waals surface area contributed by atoms with Gasteiger partial charge in [-0.05, 0) is 67.3 Å². The average Bonchev–Trinajstić information content (AvgIpc) is 2.43. The zero-order chi connectivity index (χ0) is 15.2. The van der Waals surface area contributed by atoms with Crippen LogP contribution in [0.2, 0.25) is 5.02 Å². The predicted octanol–water partition coefficient (Wildman–Crippen LogP) is 4.55. The summed E-state index contributed by atoms with van der Waals surface area (Å²) in [5.74, 6) is -0.173. The quantitative estimate of drug-likeness (QED) is 0.825. The van der Waals surface area contributed by atoms with Gasteiger partial charge in [-0.1, -0.05) is 36.7 Å². The van der Waals surface area contributed by atoms with E-state index in [4.69, 9.17) is 11.6 Å². The molecule has 1 nitrogen and oxygen atoms in total. The normalized spacial score (nSPS) is 12.4. The molecule has 0 heterocycles. The van der Waals surface area contributed by atoms with Crippen LogP contribution in [0.25, 0.3) is 0 Å². The van der Waals surface area contributed by atoms with E-state index in [0.717, 1.165) is 35.5 Å². The molecule has 0 saturated heterocycles. The van der Waals surface area contributed by atoms with Crippen LogP contribution in [0.5, 0.6) is 0 Å². The lowest BCUT2D eigenvalue weighted by Crippen LogP contribution is -2.33. The van der Waals surface area contributed by atoms with Crippen molar-refractivity contribution in [3.05, 3.63) is 70.0 Å². The zero-order valence-electron chi connectivity index (χ0n) is 12.5. The van der Waals surface area contributed by atoms with Crippen molar-refractivity contribution < 1.29 is 4.39 Å². The van der Waals surface area contributed by atoms with Gasteiger partial charge in [0.2, 0.25) is 0 Å². The fourth-order valence-electron chi connectivity index (χ4n) is 2.58. The lowest BCUT2D eigenvalue weighted by molar-refractivity contribution is 0.518. The molecule has 0 amide bonds. The Morgan fingerprint density at radius 1 is 1.14 bits per heavy atom. The molecule has 21 heavy (non-hydrogen) atoms. The summed E-state index contributed by atoms with van der Waals surface area (Å²) in [6.07, 6.45) is 1.69. The third-order valence-electron chi connectivity index (χ3n) is 3.64. The highest BCUT2D eigenvalue weighted by molar-refractivity contribution is 6.30. The van der Waals surface area contributed by atoms with Crippen LogP contribution in [-0.4, -0.2) is 12.6 Å². The van der Waals surface area contributed by atoms with Crippen molar-refractivity contribution in [2.45, 2.75) is 32.7 Å². The minimum absolute atomic E-state index is 0.173. The van der Waals surface area contributed by atoms with Gasteiger partial charge in [0.05, 0.1) is 0 Å². The van der Waals surface area contributed by atoms with Crippen LogP contribution in [0.15, 0.2) is 42.5 Å². The van der Waals surface area contributed by atoms with Crippen LogP contribution in [-0.2, 0) is 12.8 Å². The fourth-order valence-corrected chi connectivity index (χ4v) is 2.79. The van der Waals surface area contributed by atoms with E-state index in [2.05, 4.69) is 18.3 Å². The number of hydrogen-bond donors (Lipinski definition) is 1. The van der Waals surface area contributed by atoms with E-state index in [-0.39, 0.29) is 11.9 Å². The van der Waals surface area contributed by atoms with E-state index in [1.807, 2.05) is 31.2 Å². The molecule has 1 unspecified atom stereocenters. The predicted molar refractivity (Wildman–Crippen MR) is 87.5 cm³/mol. The maximum absolute atomic E-state index is 13.4. The van der Waals surface area contributed by atoms with Crippen LogP contribution in [0, 0.1) is 12.7 Å². The van der Waals surface area contributed by atoms with Gasteiger partial charge in [0.1, 0.15) is 5.82 Å². The van der Waals surface area contributed by atoms with Gasteiger partial charge in [-0.25, -0.2) is 4.39 Å². The molecule has 0 bridgehead atoms. The van der Waals surface area contributed by atoms with Crippen LogP contribution in [0.4, 0.5) is 4.39 Å². The summed E-state index contributed by atoms with van der Waals surface area (Å²) >= 11 is 6.04. The van der Waals surface area contributed by atoms with Gasteiger partial charge in [-0.15, -0.1) is 0 Å². The molecule has 2 aromatic rings. The van der Waals surface area contributed by atoms with E-state index >= 15 is 0 Å². The summed E-state index contributed by atoms with van der Waals surface area (Å²) in [4.78, 5) is 0. The maximum atomic E-state index is 13.4. The molecule has 0 spiro atoms. The van der Waals surface area contributed by atoms with Crippen molar-refractivity contribution in [2.24, 2.45) is 0 Å². The van der Waals surface area contributed by atoms with E-state index in [9.17, 15) is 4.39 Å². The molecule has 0 aromatic heterocycles. The first-order chi connectivity index (χ1) is 10.1. The third kappa shape index (κ3) is 4.83. The Morgan fingerprint density at radius 3 is 2.67 bits per heavy atom. The van der Waals surface area contributed by atoms with E-state index < -0.39 is 0 Å². The van der Waals surface area contributed by atoms with Gasteiger partial charge in [0, 0.05) is 11.1 Å². The average molecular weight is 306 g/mol. The number of hydrogen-bond acceptors (Lipinski definition) is 1. The summed E-state index contributed by atoms with van der Waals surface area (Å²) in [6.45, 7) is 5.00. The number of rotatable bonds is 6. The second kappa shape index (κ2) is 7.58. The SMILES string of the molecule is CCNC(Cc1cccc(Cl)c1)Cc1cc(F)ccc1C. The molecule has 0 saturated carbocycles. The standard InChI is InChI=1S/C18H21ClFN/c1-3-21-18(10-14-5-4-6-16(19)9-14)12-15-11-17(20)8-7-13(15)2/h4-9,11,18,21H,3,10,12H2,1-2H3. The molecule has 2 rings (SSSR count). The summed E-state index contributed by atoms with van der Waals surface area (Å²) in [7, 11) is 0. The molecular formula is C18H21ClFN. The molecule has 0 aliphatic heterocycles. The molecule has 3 heteroatoms. The lowest BCUT2D eigenvalue weighted by atomic mass is 9.96. The van der Waals surface area contributed by atoms with Crippen molar-refractivity contribution in [3.8, 4) is 0 Å². The van der Waals surface area contributed by atoms with Gasteiger partial charge in [-0.2, -0.15) is 0 Å². The topological polar surface area (TPSA) is 12.0 Å². The number of likely N-dealkylation sites (N-methyl/N-ethyl adjacent to an activating group) is 1. The monoisotopic (exact) mass is 305 g/mol. The summed E-state index contributed by atoms with van der Waals surface area (Å²) in [6, 6.07) is 13.2. The van der Waals surface area contributed by atoms with Crippen molar-refractivity contribution in [1.82, 2.24) is 5.32 Å². The Kier molecular flexibility index (Phi) is 5.77. The van der Waals surface area contributed by atoms with Gasteiger partial charge < -0.3 is 5.32 Å². The van der Waals surface area contributed by atoms with Crippen molar-refractivity contribution in [1.29, 1.82) is 0 Å².